The fourth-order valence-electron chi connectivity index (χ4n) is 13.2. The predicted molar refractivity (Wildman–Crippen MR) is 223 cm³/mol. The summed E-state index contributed by atoms with van der Waals surface area (Å²) in [6, 6.07) is 12.1. The van der Waals surface area contributed by atoms with Crippen LogP contribution < -0.4 is 9.64 Å². The van der Waals surface area contributed by atoms with Gasteiger partial charge in [0.15, 0.2) is 0 Å². The minimum Gasteiger partial charge on any atom is -0.496 e. The van der Waals surface area contributed by atoms with Crippen LogP contribution in [0.3, 0.4) is 0 Å². The number of carbonyl (C=O) groups is 2. The Morgan fingerprint density at radius 2 is 1.86 bits per heavy atom. The Labute approximate surface area is 342 Å². The molecule has 6 aliphatic rings. The lowest BCUT2D eigenvalue weighted by molar-refractivity contribution is -0.232. The number of para-hydroxylation sites is 1. The monoisotopic (exact) mass is 792 g/mol. The van der Waals surface area contributed by atoms with Gasteiger partial charge in [-0.25, -0.2) is 0 Å². The number of carbonyl (C=O) groups excluding carboxylic acids is 2. The molecule has 1 unspecified atom stereocenters. The molecule has 3 aromatic rings. The quantitative estimate of drug-likeness (QED) is 0.208. The number of anilines is 1. The zero-order valence-corrected chi connectivity index (χ0v) is 35.2. The third kappa shape index (κ3) is 5.24. The number of H-pyrrole nitrogens is 1. The molecule has 1 spiro atoms. The second kappa shape index (κ2) is 14.2. The van der Waals surface area contributed by atoms with Crippen molar-refractivity contribution in [2.75, 3.05) is 72.1 Å². The van der Waals surface area contributed by atoms with Crippen molar-refractivity contribution in [2.45, 2.75) is 94.4 Å². The molecule has 5 aliphatic heterocycles. The Bertz CT molecular complexity index is 2200. The molecule has 0 radical (unpaired) electrons. The van der Waals surface area contributed by atoms with E-state index in [0.29, 0.717) is 25.2 Å². The van der Waals surface area contributed by atoms with Crippen molar-refractivity contribution >= 4 is 28.5 Å². The fraction of sp³-hybridized carbons (Fsp3) is 0.574. The number of likely N-dealkylation sites (N-methyl/N-ethyl adjacent to an activating group) is 1. The van der Waals surface area contributed by atoms with Crippen molar-refractivity contribution in [1.82, 2.24) is 14.8 Å². The molecule has 1 saturated carbocycles. The Morgan fingerprint density at radius 1 is 1.05 bits per heavy atom. The van der Waals surface area contributed by atoms with Crippen molar-refractivity contribution in [2.24, 2.45) is 11.3 Å². The summed E-state index contributed by atoms with van der Waals surface area (Å²) in [5, 5.41) is 14.6. The largest absolute Gasteiger partial charge is 0.496 e. The summed E-state index contributed by atoms with van der Waals surface area (Å²) in [5.41, 5.74) is 2.92. The topological polar surface area (TPSA) is 117 Å². The summed E-state index contributed by atoms with van der Waals surface area (Å²) in [6.45, 7) is 12.3. The van der Waals surface area contributed by atoms with Crippen LogP contribution in [-0.4, -0.2) is 123 Å². The average molecular weight is 793 g/mol. The van der Waals surface area contributed by atoms with Crippen molar-refractivity contribution in [3.05, 3.63) is 82.6 Å². The number of aliphatic hydroxyl groups is 1. The van der Waals surface area contributed by atoms with Crippen LogP contribution in [0.5, 0.6) is 5.75 Å². The van der Waals surface area contributed by atoms with E-state index in [4.69, 9.17) is 18.9 Å². The molecule has 1 aromatic heterocycles. The van der Waals surface area contributed by atoms with Crippen LogP contribution in [0.2, 0.25) is 0 Å². The van der Waals surface area contributed by atoms with Crippen LogP contribution >= 0.6 is 0 Å². The number of nitrogens with one attached hydrogen (secondary N) is 1. The fourth-order valence-corrected chi connectivity index (χ4v) is 13.2. The number of aromatic nitrogens is 1. The van der Waals surface area contributed by atoms with Gasteiger partial charge in [0.05, 0.1) is 26.9 Å². The van der Waals surface area contributed by atoms with E-state index >= 15 is 4.79 Å². The standard InChI is InChI=1S/C47H60N4O7/c1-8-30-22-31-25-46(43(53)56-7,39-33(16-20-50(26-30)27-31)32-14-11-12-15-36(32)48-39)35-23-34-37(24-38(35)55-6)49(5)41-45(34)18-21-51-19-13-17-44(9-2,40(45)51)42(58-29(4)52)47(41,54)28-57-10-3/h11-15,17,22-24,31,40-42,48,54H,8-10,16,18-21,25-28H2,1-7H3/t31-,40-,41+,42+,44+,45+,46-,47-/m0/s1. The minimum absolute atomic E-state index is 0.00665. The third-order valence-corrected chi connectivity index (χ3v) is 15.2. The number of aromatic amines is 1. The first-order chi connectivity index (χ1) is 28.0. The van der Waals surface area contributed by atoms with Crippen LogP contribution in [0.15, 0.2) is 60.2 Å². The van der Waals surface area contributed by atoms with Gasteiger partial charge in [-0.3, -0.25) is 19.4 Å². The summed E-state index contributed by atoms with van der Waals surface area (Å²) >= 11 is 0. The summed E-state index contributed by atoms with van der Waals surface area (Å²) < 4.78 is 25.0. The van der Waals surface area contributed by atoms with Gasteiger partial charge in [-0.15, -0.1) is 0 Å². The molecule has 2 N–H and O–H groups in total. The van der Waals surface area contributed by atoms with Crippen molar-refractivity contribution < 1.29 is 33.6 Å². The van der Waals surface area contributed by atoms with Crippen LogP contribution in [0.1, 0.15) is 75.8 Å². The molecule has 0 amide bonds. The first-order valence-corrected chi connectivity index (χ1v) is 21.4. The summed E-state index contributed by atoms with van der Waals surface area (Å²) in [5.74, 6) is -0.0955. The minimum atomic E-state index is -1.59. The number of fused-ring (bicyclic) bond motifs is 6. The van der Waals surface area contributed by atoms with Crippen LogP contribution in [-0.2, 0) is 41.1 Å². The van der Waals surface area contributed by atoms with E-state index in [2.05, 4.69) is 82.1 Å². The van der Waals surface area contributed by atoms with Gasteiger partial charge in [-0.05, 0) is 74.8 Å². The molecule has 2 aromatic carbocycles. The molecule has 9 atom stereocenters. The highest BCUT2D eigenvalue weighted by Crippen LogP contribution is 2.68. The molecule has 1 saturated heterocycles. The van der Waals surface area contributed by atoms with Gasteiger partial charge in [-0.2, -0.15) is 0 Å². The normalized spacial score (nSPS) is 34.9. The SMILES string of the molecule is CCOC[C@@]1(O)[C@H](OC(C)=O)[C@]2(CC)C=CCN3CC[C@@]4(c5cc([C@@]6(C(=O)OC)C[C@@H]7C=C(CC)CN(CCc8c6[nH]c6ccccc86)C7)c(OC)cc5N(C)[C@@H]14)[C@@H]32. The van der Waals surface area contributed by atoms with E-state index in [9.17, 15) is 9.90 Å². The first kappa shape index (κ1) is 39.3. The van der Waals surface area contributed by atoms with Crippen molar-refractivity contribution in [1.29, 1.82) is 0 Å². The summed E-state index contributed by atoms with van der Waals surface area (Å²) in [7, 11) is 5.23. The van der Waals surface area contributed by atoms with Gasteiger partial charge in [0.1, 0.15) is 22.9 Å². The number of benzene rings is 2. The maximum Gasteiger partial charge on any atom is 0.322 e. The summed E-state index contributed by atoms with van der Waals surface area (Å²) in [4.78, 5) is 39.5. The molecule has 310 valence electrons. The van der Waals surface area contributed by atoms with E-state index in [0.717, 1.165) is 91.0 Å². The smallest absolute Gasteiger partial charge is 0.322 e. The zero-order valence-electron chi connectivity index (χ0n) is 35.2. The highest BCUT2D eigenvalue weighted by Gasteiger charge is 2.78. The lowest BCUT2D eigenvalue weighted by Crippen LogP contribution is -2.80. The van der Waals surface area contributed by atoms with Crippen molar-refractivity contribution in [3.8, 4) is 5.75 Å². The third-order valence-electron chi connectivity index (χ3n) is 15.2. The van der Waals surface area contributed by atoms with Gasteiger partial charge in [0.25, 0.3) is 0 Å². The van der Waals surface area contributed by atoms with Crippen molar-refractivity contribution in [3.63, 3.8) is 0 Å². The number of methoxy groups -OCH3 is 2. The number of ether oxygens (including phenoxy) is 4. The maximum absolute atomic E-state index is 15.3. The van der Waals surface area contributed by atoms with E-state index < -0.39 is 40.0 Å². The van der Waals surface area contributed by atoms with Crippen LogP contribution in [0.25, 0.3) is 10.9 Å². The number of hydrogen-bond acceptors (Lipinski definition) is 10. The van der Waals surface area contributed by atoms with Crippen LogP contribution in [0, 0.1) is 11.3 Å². The lowest BCUT2D eigenvalue weighted by Gasteiger charge is -2.64. The van der Waals surface area contributed by atoms with E-state index in [1.807, 2.05) is 20.0 Å². The Kier molecular flexibility index (Phi) is 9.65. The number of rotatable bonds is 9. The molecule has 58 heavy (non-hydrogen) atoms. The summed E-state index contributed by atoms with van der Waals surface area (Å²) in [6.07, 6.45) is 9.56. The van der Waals surface area contributed by atoms with Gasteiger partial charge in [0.2, 0.25) is 0 Å². The van der Waals surface area contributed by atoms with Gasteiger partial charge >= 0.3 is 11.9 Å². The number of esters is 2. The molecular weight excluding hydrogens is 733 g/mol. The molecule has 2 bridgehead atoms. The molecule has 6 heterocycles. The number of hydrogen-bond donors (Lipinski definition) is 2. The molecular formula is C47H60N4O7. The zero-order chi connectivity index (χ0) is 40.8. The molecule has 1 aliphatic carbocycles. The van der Waals surface area contributed by atoms with Crippen LogP contribution in [0.4, 0.5) is 5.69 Å². The highest BCUT2D eigenvalue weighted by atomic mass is 16.6. The predicted octanol–water partition coefficient (Wildman–Crippen LogP) is 5.66. The maximum atomic E-state index is 15.3. The molecule has 2 fully saturated rings. The lowest BCUT2D eigenvalue weighted by atomic mass is 9.47. The molecule has 11 nitrogen and oxygen atoms in total. The molecule has 11 heteroatoms. The van der Waals surface area contributed by atoms with Gasteiger partial charge < -0.3 is 33.9 Å². The van der Waals surface area contributed by atoms with Gasteiger partial charge in [-0.1, -0.05) is 55.8 Å². The average Bonchev–Trinajstić information content (AvgIpc) is 3.89. The highest BCUT2D eigenvalue weighted by molar-refractivity contribution is 5.94. The van der Waals surface area contributed by atoms with Gasteiger partial charge in [0, 0.05) is 97.5 Å². The Hall–Kier alpha value is -4.16. The first-order valence-electron chi connectivity index (χ1n) is 21.4. The van der Waals surface area contributed by atoms with E-state index in [1.165, 1.54) is 19.6 Å². The second-order valence-corrected chi connectivity index (χ2v) is 17.8. The van der Waals surface area contributed by atoms with E-state index in [-0.39, 0.29) is 24.5 Å². The second-order valence-electron chi connectivity index (χ2n) is 17.8. The number of nitrogens with zero attached hydrogens (tertiary/aromatic N) is 3. The molecule has 9 rings (SSSR count). The Morgan fingerprint density at radius 3 is 2.59 bits per heavy atom. The Balaban J connectivity index is 1.36. The van der Waals surface area contributed by atoms with E-state index in [1.54, 1.807) is 7.11 Å².